The molecule has 0 aliphatic rings. The van der Waals surface area contributed by atoms with Crippen LogP contribution in [0.4, 0.5) is 0 Å². The molecule has 0 aliphatic heterocycles. The molecular weight excluding hydrogens is 300 g/mol. The van der Waals surface area contributed by atoms with E-state index in [1.807, 2.05) is 6.07 Å². The average molecular weight is 310 g/mol. The normalized spacial score (nSPS) is 15.5. The molecule has 0 radical (unpaired) electrons. The van der Waals surface area contributed by atoms with Crippen LogP contribution in [-0.2, 0) is 0 Å². The van der Waals surface area contributed by atoms with E-state index in [0.717, 1.165) is 10.2 Å². The number of aliphatic hydroxyl groups excluding tert-OH is 1. The summed E-state index contributed by atoms with van der Waals surface area (Å²) in [5.74, 6) is 0. The first kappa shape index (κ1) is 11.1. The minimum absolute atomic E-state index is 0.407. The van der Waals surface area contributed by atoms with Crippen molar-refractivity contribution in [1.82, 2.24) is 4.98 Å². The molecule has 0 spiro atoms. The second kappa shape index (κ2) is 4.50. The molecule has 0 amide bonds. The highest BCUT2D eigenvalue weighted by Gasteiger charge is 2.15. The SMILES string of the molecule is C[C@H](O)[C@@H](N)c1ccc(Br)nc1Br. The number of nitrogens with two attached hydrogens (primary N) is 1. The largest absolute Gasteiger partial charge is 0.391 e. The highest BCUT2D eigenvalue weighted by atomic mass is 79.9. The molecule has 1 aromatic rings. The van der Waals surface area contributed by atoms with E-state index in [0.29, 0.717) is 4.60 Å². The number of hydrogen-bond donors (Lipinski definition) is 2. The summed E-state index contributed by atoms with van der Waals surface area (Å²) < 4.78 is 1.40. The van der Waals surface area contributed by atoms with Crippen LogP contribution in [0.5, 0.6) is 0 Å². The zero-order valence-electron chi connectivity index (χ0n) is 7.04. The second-order valence-corrected chi connectivity index (χ2v) is 4.34. The lowest BCUT2D eigenvalue weighted by Gasteiger charge is -2.15. The molecule has 0 aliphatic carbocycles. The molecule has 2 atom stereocenters. The number of hydrogen-bond acceptors (Lipinski definition) is 3. The van der Waals surface area contributed by atoms with E-state index in [4.69, 9.17) is 5.73 Å². The number of rotatable bonds is 2. The molecule has 72 valence electrons. The van der Waals surface area contributed by atoms with Crippen LogP contribution in [0.2, 0.25) is 0 Å². The maximum Gasteiger partial charge on any atom is 0.112 e. The Hall–Kier alpha value is 0.0300. The van der Waals surface area contributed by atoms with Gasteiger partial charge < -0.3 is 10.8 Å². The molecule has 13 heavy (non-hydrogen) atoms. The van der Waals surface area contributed by atoms with Gasteiger partial charge in [0, 0.05) is 5.56 Å². The van der Waals surface area contributed by atoms with Crippen molar-refractivity contribution in [3.63, 3.8) is 0 Å². The zero-order chi connectivity index (χ0) is 10.0. The summed E-state index contributed by atoms with van der Waals surface area (Å²) in [5, 5.41) is 9.28. The first-order valence-electron chi connectivity index (χ1n) is 3.78. The Balaban J connectivity index is 3.01. The molecular formula is C8H10Br2N2O. The van der Waals surface area contributed by atoms with Gasteiger partial charge in [0.15, 0.2) is 0 Å². The fraction of sp³-hybridized carbons (Fsp3) is 0.375. The number of halogens is 2. The van der Waals surface area contributed by atoms with Crippen molar-refractivity contribution in [1.29, 1.82) is 0 Å². The summed E-state index contributed by atoms with van der Waals surface area (Å²) in [6, 6.07) is 3.22. The molecule has 1 rings (SSSR count). The van der Waals surface area contributed by atoms with Crippen molar-refractivity contribution in [3.05, 3.63) is 26.9 Å². The summed E-state index contributed by atoms with van der Waals surface area (Å²) in [5.41, 5.74) is 6.56. The third-order valence-electron chi connectivity index (χ3n) is 1.72. The van der Waals surface area contributed by atoms with Crippen LogP contribution in [0.25, 0.3) is 0 Å². The minimum atomic E-state index is -0.584. The van der Waals surface area contributed by atoms with Gasteiger partial charge in [0.2, 0.25) is 0 Å². The molecule has 5 heteroatoms. The van der Waals surface area contributed by atoms with Gasteiger partial charge in [0.1, 0.15) is 9.21 Å². The van der Waals surface area contributed by atoms with E-state index >= 15 is 0 Å². The monoisotopic (exact) mass is 308 g/mol. The lowest BCUT2D eigenvalue weighted by atomic mass is 10.1. The van der Waals surface area contributed by atoms with Gasteiger partial charge in [-0.1, -0.05) is 6.07 Å². The van der Waals surface area contributed by atoms with E-state index in [1.165, 1.54) is 0 Å². The summed E-state index contributed by atoms with van der Waals surface area (Å²) in [6.45, 7) is 1.65. The molecule has 0 saturated carbocycles. The Morgan fingerprint density at radius 2 is 2.08 bits per heavy atom. The predicted octanol–water partition coefficient (Wildman–Crippen LogP) is 1.99. The maximum atomic E-state index is 9.28. The van der Waals surface area contributed by atoms with E-state index < -0.39 is 12.1 Å². The fourth-order valence-electron chi connectivity index (χ4n) is 0.931. The van der Waals surface area contributed by atoms with Crippen molar-refractivity contribution >= 4 is 31.9 Å². The Bertz CT molecular complexity index is 304. The smallest absolute Gasteiger partial charge is 0.112 e. The summed E-state index contributed by atoms with van der Waals surface area (Å²) in [6.07, 6.45) is -0.584. The van der Waals surface area contributed by atoms with Crippen LogP contribution in [0.15, 0.2) is 21.3 Å². The maximum absolute atomic E-state index is 9.28. The van der Waals surface area contributed by atoms with Crippen molar-refractivity contribution in [2.24, 2.45) is 5.73 Å². The van der Waals surface area contributed by atoms with Crippen molar-refractivity contribution in [2.45, 2.75) is 19.1 Å². The summed E-state index contributed by atoms with van der Waals surface area (Å²) in [4.78, 5) is 4.12. The quantitative estimate of drug-likeness (QED) is 0.821. The topological polar surface area (TPSA) is 59.1 Å². The first-order chi connectivity index (χ1) is 6.02. The predicted molar refractivity (Wildman–Crippen MR) is 58.2 cm³/mol. The molecule has 0 fully saturated rings. The van der Waals surface area contributed by atoms with Crippen LogP contribution in [0.3, 0.4) is 0 Å². The van der Waals surface area contributed by atoms with Crippen molar-refractivity contribution in [2.75, 3.05) is 0 Å². The molecule has 3 nitrogen and oxygen atoms in total. The third kappa shape index (κ3) is 2.74. The van der Waals surface area contributed by atoms with Gasteiger partial charge in [-0.2, -0.15) is 0 Å². The molecule has 1 heterocycles. The lowest BCUT2D eigenvalue weighted by molar-refractivity contribution is 0.164. The summed E-state index contributed by atoms with van der Waals surface area (Å²) >= 11 is 6.52. The van der Waals surface area contributed by atoms with Gasteiger partial charge in [-0.15, -0.1) is 0 Å². The van der Waals surface area contributed by atoms with Gasteiger partial charge in [0.05, 0.1) is 12.1 Å². The molecule has 0 unspecified atom stereocenters. The molecule has 1 aromatic heterocycles. The van der Waals surface area contributed by atoms with Crippen LogP contribution in [-0.4, -0.2) is 16.2 Å². The van der Waals surface area contributed by atoms with Gasteiger partial charge in [-0.25, -0.2) is 4.98 Å². The Kier molecular flexibility index (Phi) is 3.85. The van der Waals surface area contributed by atoms with Crippen LogP contribution in [0.1, 0.15) is 18.5 Å². The molecule has 0 saturated heterocycles. The van der Waals surface area contributed by atoms with Gasteiger partial charge in [-0.05, 0) is 44.8 Å². The average Bonchev–Trinajstić information content (AvgIpc) is 2.03. The molecule has 0 bridgehead atoms. The van der Waals surface area contributed by atoms with E-state index in [-0.39, 0.29) is 0 Å². The Morgan fingerprint density at radius 3 is 2.54 bits per heavy atom. The molecule has 0 aromatic carbocycles. The van der Waals surface area contributed by atoms with E-state index in [9.17, 15) is 5.11 Å². The standard InChI is InChI=1S/C8H10Br2N2O/c1-4(13)7(11)5-2-3-6(9)12-8(5)10/h2-4,7,13H,11H2,1H3/t4-,7+/m0/s1. The highest BCUT2D eigenvalue weighted by molar-refractivity contribution is 9.11. The number of aromatic nitrogens is 1. The first-order valence-corrected chi connectivity index (χ1v) is 5.36. The Morgan fingerprint density at radius 1 is 1.46 bits per heavy atom. The van der Waals surface area contributed by atoms with Crippen molar-refractivity contribution in [3.8, 4) is 0 Å². The van der Waals surface area contributed by atoms with E-state index in [2.05, 4.69) is 36.8 Å². The van der Waals surface area contributed by atoms with Gasteiger partial charge in [-0.3, -0.25) is 0 Å². The minimum Gasteiger partial charge on any atom is -0.391 e. The number of nitrogens with zero attached hydrogens (tertiary/aromatic N) is 1. The van der Waals surface area contributed by atoms with Gasteiger partial charge in [0.25, 0.3) is 0 Å². The fourth-order valence-corrected chi connectivity index (χ4v) is 2.07. The van der Waals surface area contributed by atoms with Crippen LogP contribution < -0.4 is 5.73 Å². The number of pyridine rings is 1. The summed E-state index contributed by atoms with van der Waals surface area (Å²) in [7, 11) is 0. The highest BCUT2D eigenvalue weighted by Crippen LogP contribution is 2.24. The van der Waals surface area contributed by atoms with Crippen LogP contribution in [0, 0.1) is 0 Å². The second-order valence-electron chi connectivity index (χ2n) is 2.78. The molecule has 3 N–H and O–H groups in total. The van der Waals surface area contributed by atoms with Gasteiger partial charge >= 0.3 is 0 Å². The Labute approximate surface area is 93.6 Å². The van der Waals surface area contributed by atoms with E-state index in [1.54, 1.807) is 13.0 Å². The van der Waals surface area contributed by atoms with Crippen molar-refractivity contribution < 1.29 is 5.11 Å². The van der Waals surface area contributed by atoms with Crippen LogP contribution >= 0.6 is 31.9 Å². The zero-order valence-corrected chi connectivity index (χ0v) is 10.2. The lowest BCUT2D eigenvalue weighted by Crippen LogP contribution is -2.23. The number of aliphatic hydroxyl groups is 1. The third-order valence-corrected chi connectivity index (χ3v) is 2.80.